The predicted molar refractivity (Wildman–Crippen MR) is 171 cm³/mol. The Morgan fingerprint density at radius 1 is 0.933 bits per heavy atom. The second-order valence-corrected chi connectivity index (χ2v) is 10.6. The van der Waals surface area contributed by atoms with Gasteiger partial charge in [-0.2, -0.15) is 0 Å². The van der Waals surface area contributed by atoms with Gasteiger partial charge in [0.05, 0.1) is 7.11 Å². The second kappa shape index (κ2) is 13.0. The van der Waals surface area contributed by atoms with Crippen molar-refractivity contribution >= 4 is 11.6 Å². The van der Waals surface area contributed by atoms with Crippen LogP contribution >= 0.6 is 0 Å². The van der Waals surface area contributed by atoms with Crippen molar-refractivity contribution in [2.24, 2.45) is 7.05 Å². The van der Waals surface area contributed by atoms with Crippen LogP contribution in [0.1, 0.15) is 32.6 Å². The molecule has 0 atom stereocenters. The number of nitrogens with zero attached hydrogens (tertiary/aromatic N) is 1. The van der Waals surface area contributed by atoms with Crippen molar-refractivity contribution in [2.75, 3.05) is 12.4 Å². The van der Waals surface area contributed by atoms with Crippen LogP contribution in [-0.2, 0) is 20.1 Å². The number of hydrogen-bond acceptors (Lipinski definition) is 6. The van der Waals surface area contributed by atoms with E-state index in [0.717, 1.165) is 27.8 Å². The molecule has 5 rings (SSSR count). The molecule has 3 aromatic carbocycles. The number of pyridine rings is 1. The molecule has 45 heavy (non-hydrogen) atoms. The lowest BCUT2D eigenvalue weighted by atomic mass is 9.90. The van der Waals surface area contributed by atoms with Crippen molar-refractivity contribution in [3.8, 4) is 28.0 Å². The molecule has 0 bridgehead atoms. The quantitative estimate of drug-likeness (QED) is 0.196. The number of carbonyl (C=O) groups excluding carboxylic acids is 1. The van der Waals surface area contributed by atoms with Gasteiger partial charge in [-0.3, -0.25) is 19.4 Å². The molecule has 5 aromatic rings. The zero-order chi connectivity index (χ0) is 32.2. The van der Waals surface area contributed by atoms with Crippen LogP contribution in [0.5, 0.6) is 5.75 Å². The fourth-order valence-corrected chi connectivity index (χ4v) is 5.27. The Labute approximate surface area is 257 Å². The summed E-state index contributed by atoms with van der Waals surface area (Å²) < 4.78 is 22.4. The normalized spacial score (nSPS) is 11.0. The molecule has 0 aliphatic heterocycles. The van der Waals surface area contributed by atoms with Gasteiger partial charge >= 0.3 is 5.69 Å². The summed E-state index contributed by atoms with van der Waals surface area (Å²) in [5.74, 6) is -0.639. The molecule has 0 unspecified atom stereocenters. The number of ether oxygens (including phenoxy) is 1. The molecule has 2 aromatic heterocycles. The standard InChI is InChI=1S/C34H32FN5O5/c1-19-23(21-14-28(35)27(30(15-21)45-4)18-36-16-22-17-37-34(44)39-31(22)41)8-5-9-24(19)25-10-6-12-29(20(25)2)38-32(42)26-11-7-13-40(3)33(26)43/h5-15,17,36H,16,18H2,1-4H3,(H,38,42)(H2,37,39,41,44). The van der Waals surface area contributed by atoms with E-state index < -0.39 is 23.0 Å². The first-order valence-corrected chi connectivity index (χ1v) is 14.1. The number of aromatic nitrogens is 3. The third-order valence-electron chi connectivity index (χ3n) is 7.77. The molecule has 0 spiro atoms. The molecule has 0 aliphatic rings. The fraction of sp³-hybridized carbons (Fsp3) is 0.176. The first-order chi connectivity index (χ1) is 21.6. The Morgan fingerprint density at radius 2 is 1.64 bits per heavy atom. The number of anilines is 1. The summed E-state index contributed by atoms with van der Waals surface area (Å²) in [5.41, 5.74) is 4.60. The Balaban J connectivity index is 1.43. The van der Waals surface area contributed by atoms with Gasteiger partial charge in [-0.05, 0) is 77.6 Å². The number of carbonyl (C=O) groups is 1. The minimum absolute atomic E-state index is 0.0441. The molecule has 0 aliphatic carbocycles. The number of methoxy groups -OCH3 is 1. The highest BCUT2D eigenvalue weighted by molar-refractivity contribution is 6.05. The van der Waals surface area contributed by atoms with Crippen LogP contribution < -0.4 is 32.2 Å². The van der Waals surface area contributed by atoms with E-state index in [2.05, 4.69) is 20.6 Å². The number of halogens is 1. The second-order valence-electron chi connectivity index (χ2n) is 10.6. The van der Waals surface area contributed by atoms with Gasteiger partial charge in [0.25, 0.3) is 17.0 Å². The van der Waals surface area contributed by atoms with E-state index in [4.69, 9.17) is 4.74 Å². The van der Waals surface area contributed by atoms with Gasteiger partial charge in [0.2, 0.25) is 0 Å². The summed E-state index contributed by atoms with van der Waals surface area (Å²) in [6.45, 7) is 4.04. The number of aromatic amines is 2. The number of hydrogen-bond donors (Lipinski definition) is 4. The van der Waals surface area contributed by atoms with Crippen molar-refractivity contribution in [1.29, 1.82) is 0 Å². The van der Waals surface area contributed by atoms with E-state index in [1.807, 2.05) is 44.2 Å². The van der Waals surface area contributed by atoms with Gasteiger partial charge < -0.3 is 24.9 Å². The summed E-state index contributed by atoms with van der Waals surface area (Å²) in [6.07, 6.45) is 2.91. The van der Waals surface area contributed by atoms with Crippen molar-refractivity contribution in [1.82, 2.24) is 19.9 Å². The number of aryl methyl sites for hydroxylation is 1. The van der Waals surface area contributed by atoms with Gasteiger partial charge in [0, 0.05) is 49.3 Å². The van der Waals surface area contributed by atoms with Crippen molar-refractivity contribution in [3.05, 3.63) is 138 Å². The highest BCUT2D eigenvalue weighted by Gasteiger charge is 2.18. The lowest BCUT2D eigenvalue weighted by Gasteiger charge is -2.18. The number of H-pyrrole nitrogens is 2. The SMILES string of the molecule is COc1cc(-c2cccc(-c3cccc(NC(=O)c4cccn(C)c4=O)c3C)c2C)cc(F)c1CNCc1c[nH]c(=O)[nH]c1=O. The summed E-state index contributed by atoms with van der Waals surface area (Å²) in [7, 11) is 3.05. The third kappa shape index (κ3) is 6.38. The molecule has 11 heteroatoms. The summed E-state index contributed by atoms with van der Waals surface area (Å²) in [4.78, 5) is 53.2. The van der Waals surface area contributed by atoms with Crippen molar-refractivity contribution in [2.45, 2.75) is 26.9 Å². The molecular formula is C34H32FN5O5. The fourth-order valence-electron chi connectivity index (χ4n) is 5.27. The maximum atomic E-state index is 15.5. The molecule has 230 valence electrons. The van der Waals surface area contributed by atoms with Crippen LogP contribution in [0.2, 0.25) is 0 Å². The molecular weight excluding hydrogens is 577 g/mol. The highest BCUT2D eigenvalue weighted by Crippen LogP contribution is 2.37. The van der Waals surface area contributed by atoms with E-state index >= 15 is 4.39 Å². The molecule has 1 amide bonds. The lowest BCUT2D eigenvalue weighted by molar-refractivity contribution is 0.102. The van der Waals surface area contributed by atoms with E-state index in [0.29, 0.717) is 28.1 Å². The van der Waals surface area contributed by atoms with Crippen LogP contribution in [-0.4, -0.2) is 27.6 Å². The maximum absolute atomic E-state index is 15.5. The van der Waals surface area contributed by atoms with Crippen LogP contribution in [0.15, 0.2) is 87.4 Å². The topological polar surface area (TPSA) is 138 Å². The average Bonchev–Trinajstić information content (AvgIpc) is 3.01. The van der Waals surface area contributed by atoms with Crippen LogP contribution in [0.4, 0.5) is 10.1 Å². The van der Waals surface area contributed by atoms with Gasteiger partial charge in [-0.15, -0.1) is 0 Å². The summed E-state index contributed by atoms with van der Waals surface area (Å²) in [6, 6.07) is 17.7. The molecule has 0 saturated carbocycles. The van der Waals surface area contributed by atoms with E-state index in [9.17, 15) is 19.2 Å². The van der Waals surface area contributed by atoms with Crippen molar-refractivity contribution < 1.29 is 13.9 Å². The number of nitrogens with one attached hydrogen (secondary N) is 4. The van der Waals surface area contributed by atoms with Gasteiger partial charge in [0.15, 0.2) is 0 Å². The summed E-state index contributed by atoms with van der Waals surface area (Å²) in [5, 5.41) is 5.90. The Bertz CT molecular complexity index is 2100. The van der Waals surface area contributed by atoms with Gasteiger partial charge in [-0.25, -0.2) is 9.18 Å². The molecule has 0 radical (unpaired) electrons. The number of amides is 1. The van der Waals surface area contributed by atoms with Crippen LogP contribution in [0.3, 0.4) is 0 Å². The Hall–Kier alpha value is -5.55. The van der Waals surface area contributed by atoms with Crippen molar-refractivity contribution in [3.63, 3.8) is 0 Å². The zero-order valence-corrected chi connectivity index (χ0v) is 25.2. The Morgan fingerprint density at radius 3 is 2.38 bits per heavy atom. The minimum Gasteiger partial charge on any atom is -0.496 e. The molecule has 2 heterocycles. The molecule has 10 nitrogen and oxygen atoms in total. The van der Waals surface area contributed by atoms with E-state index in [1.54, 1.807) is 31.4 Å². The first kappa shape index (κ1) is 30.9. The van der Waals surface area contributed by atoms with Gasteiger partial charge in [-0.1, -0.05) is 30.3 Å². The third-order valence-corrected chi connectivity index (χ3v) is 7.77. The maximum Gasteiger partial charge on any atom is 0.325 e. The number of rotatable bonds is 9. The smallest absolute Gasteiger partial charge is 0.325 e. The van der Waals surface area contributed by atoms with Crippen LogP contribution in [0, 0.1) is 19.7 Å². The molecule has 0 saturated heterocycles. The number of benzene rings is 3. The molecule has 4 N–H and O–H groups in total. The van der Waals surface area contributed by atoms with Gasteiger partial charge in [0.1, 0.15) is 17.1 Å². The lowest BCUT2D eigenvalue weighted by Crippen LogP contribution is -2.27. The Kier molecular flexibility index (Phi) is 8.91. The van der Waals surface area contributed by atoms with E-state index in [-0.39, 0.29) is 24.2 Å². The zero-order valence-electron chi connectivity index (χ0n) is 25.2. The van der Waals surface area contributed by atoms with Crippen LogP contribution in [0.25, 0.3) is 22.3 Å². The average molecular weight is 610 g/mol. The predicted octanol–water partition coefficient (Wildman–Crippen LogP) is 4.40. The largest absolute Gasteiger partial charge is 0.496 e. The summed E-state index contributed by atoms with van der Waals surface area (Å²) >= 11 is 0. The monoisotopic (exact) mass is 609 g/mol. The minimum atomic E-state index is -0.600. The first-order valence-electron chi connectivity index (χ1n) is 14.1. The van der Waals surface area contributed by atoms with E-state index in [1.165, 1.54) is 30.0 Å². The molecule has 0 fully saturated rings. The highest BCUT2D eigenvalue weighted by atomic mass is 19.1.